The molecule has 0 bridgehead atoms. The normalized spacial score (nSPS) is 15.9. The topological polar surface area (TPSA) is 91.6 Å². The Balaban J connectivity index is 1.78. The van der Waals surface area contributed by atoms with Gasteiger partial charge in [0.15, 0.2) is 5.65 Å². The summed E-state index contributed by atoms with van der Waals surface area (Å²) in [5, 5.41) is 19.1. The largest absolute Gasteiger partial charge is 0.395 e. The molecule has 1 aliphatic carbocycles. The Kier molecular flexibility index (Phi) is 4.53. The van der Waals surface area contributed by atoms with Gasteiger partial charge in [-0.25, -0.2) is 9.50 Å². The first-order chi connectivity index (χ1) is 10.8. The maximum atomic E-state index is 12.4. The van der Waals surface area contributed by atoms with Crippen LogP contribution >= 0.6 is 0 Å². The Morgan fingerprint density at radius 1 is 1.36 bits per heavy atom. The molecule has 3 N–H and O–H groups in total. The van der Waals surface area contributed by atoms with Crippen LogP contribution in [0.1, 0.15) is 42.5 Å². The van der Waals surface area contributed by atoms with Crippen molar-refractivity contribution >= 4 is 17.4 Å². The van der Waals surface area contributed by atoms with E-state index in [0.717, 1.165) is 12.8 Å². The number of anilines is 1. The van der Waals surface area contributed by atoms with Gasteiger partial charge in [-0.1, -0.05) is 19.3 Å². The molecular formula is C15H21N5O2. The first-order valence-electron chi connectivity index (χ1n) is 7.78. The molecule has 0 aliphatic heterocycles. The van der Waals surface area contributed by atoms with Crippen molar-refractivity contribution in [3.63, 3.8) is 0 Å². The highest BCUT2D eigenvalue weighted by molar-refractivity contribution is 5.99. The lowest BCUT2D eigenvalue weighted by Gasteiger charge is -2.22. The van der Waals surface area contributed by atoms with Crippen LogP contribution in [0.4, 0.5) is 5.82 Å². The standard InChI is InChI=1S/C15H21N5O2/c21-9-7-16-13-6-8-20-14(19-13)12(10-17-20)15(22)18-11-4-2-1-3-5-11/h6,8,10-11,21H,1-5,7,9H2,(H,16,19)(H,18,22). The molecule has 0 radical (unpaired) electrons. The van der Waals surface area contributed by atoms with E-state index in [4.69, 9.17) is 5.11 Å². The molecule has 7 nitrogen and oxygen atoms in total. The van der Waals surface area contributed by atoms with Crippen LogP contribution in [0.15, 0.2) is 18.5 Å². The first-order valence-corrected chi connectivity index (χ1v) is 7.78. The number of aliphatic hydroxyl groups is 1. The Labute approximate surface area is 128 Å². The Morgan fingerprint density at radius 2 is 2.18 bits per heavy atom. The van der Waals surface area contributed by atoms with Crippen LogP contribution in [0.2, 0.25) is 0 Å². The minimum Gasteiger partial charge on any atom is -0.395 e. The van der Waals surface area contributed by atoms with Crippen molar-refractivity contribution in [3.8, 4) is 0 Å². The molecule has 1 amide bonds. The maximum absolute atomic E-state index is 12.4. The van der Waals surface area contributed by atoms with Crippen molar-refractivity contribution in [2.24, 2.45) is 0 Å². The van der Waals surface area contributed by atoms with Crippen LogP contribution in [0, 0.1) is 0 Å². The SMILES string of the molecule is O=C(NC1CCCCC1)c1cnn2ccc(NCCO)nc12. The Hall–Kier alpha value is -2.15. The van der Waals surface area contributed by atoms with Crippen LogP contribution in [-0.4, -0.2) is 44.8 Å². The van der Waals surface area contributed by atoms with E-state index in [1.165, 1.54) is 19.3 Å². The summed E-state index contributed by atoms with van der Waals surface area (Å²) < 4.78 is 1.58. The number of carbonyl (C=O) groups is 1. The highest BCUT2D eigenvalue weighted by atomic mass is 16.3. The highest BCUT2D eigenvalue weighted by Gasteiger charge is 2.20. The van der Waals surface area contributed by atoms with Crippen molar-refractivity contribution in [1.82, 2.24) is 19.9 Å². The summed E-state index contributed by atoms with van der Waals surface area (Å²) in [5.41, 5.74) is 1.01. The lowest BCUT2D eigenvalue weighted by atomic mass is 9.95. The average molecular weight is 303 g/mol. The van der Waals surface area contributed by atoms with Gasteiger partial charge in [-0.3, -0.25) is 4.79 Å². The van der Waals surface area contributed by atoms with Gasteiger partial charge in [0.2, 0.25) is 0 Å². The number of aliphatic hydroxyl groups excluding tert-OH is 1. The zero-order valence-electron chi connectivity index (χ0n) is 12.5. The van der Waals surface area contributed by atoms with Gasteiger partial charge in [0.25, 0.3) is 5.91 Å². The molecule has 0 spiro atoms. The predicted molar refractivity (Wildman–Crippen MR) is 82.9 cm³/mol. The number of rotatable bonds is 5. The summed E-state index contributed by atoms with van der Waals surface area (Å²) in [6.07, 6.45) is 8.99. The van der Waals surface area contributed by atoms with E-state index in [-0.39, 0.29) is 18.6 Å². The summed E-state index contributed by atoms with van der Waals surface area (Å²) >= 11 is 0. The Morgan fingerprint density at radius 3 is 2.95 bits per heavy atom. The van der Waals surface area contributed by atoms with Crippen molar-refractivity contribution in [2.75, 3.05) is 18.5 Å². The number of carbonyl (C=O) groups excluding carboxylic acids is 1. The molecule has 0 atom stereocenters. The summed E-state index contributed by atoms with van der Waals surface area (Å²) in [6.45, 7) is 0.446. The zero-order valence-corrected chi connectivity index (χ0v) is 12.5. The van der Waals surface area contributed by atoms with Gasteiger partial charge in [0, 0.05) is 18.8 Å². The fraction of sp³-hybridized carbons (Fsp3) is 0.533. The summed E-state index contributed by atoms with van der Waals surface area (Å²) in [6, 6.07) is 2.02. The fourth-order valence-corrected chi connectivity index (χ4v) is 2.82. The van der Waals surface area contributed by atoms with Gasteiger partial charge in [-0.2, -0.15) is 5.10 Å². The molecule has 3 rings (SSSR count). The van der Waals surface area contributed by atoms with Crippen LogP contribution in [-0.2, 0) is 0 Å². The first kappa shape index (κ1) is 14.8. The van der Waals surface area contributed by atoms with Gasteiger partial charge in [-0.15, -0.1) is 0 Å². The predicted octanol–water partition coefficient (Wildman–Crippen LogP) is 1.20. The van der Waals surface area contributed by atoms with Crippen LogP contribution < -0.4 is 10.6 Å². The molecule has 22 heavy (non-hydrogen) atoms. The second-order valence-corrected chi connectivity index (χ2v) is 5.60. The van der Waals surface area contributed by atoms with Gasteiger partial charge in [0.05, 0.1) is 12.8 Å². The minimum atomic E-state index is -0.117. The minimum absolute atomic E-state index is 0.0289. The number of aromatic nitrogens is 3. The van der Waals surface area contributed by atoms with Gasteiger partial charge in [-0.05, 0) is 18.9 Å². The number of fused-ring (bicyclic) bond motifs is 1. The summed E-state index contributed by atoms with van der Waals surface area (Å²) in [4.78, 5) is 16.9. The van der Waals surface area contributed by atoms with E-state index in [2.05, 4.69) is 20.7 Å². The quantitative estimate of drug-likeness (QED) is 0.772. The summed E-state index contributed by atoms with van der Waals surface area (Å²) in [5.74, 6) is 0.502. The van der Waals surface area contributed by atoms with Crippen molar-refractivity contribution < 1.29 is 9.90 Å². The zero-order chi connectivity index (χ0) is 15.4. The molecule has 2 aromatic rings. The number of hydrogen-bond donors (Lipinski definition) is 3. The van der Waals surface area contributed by atoms with Crippen molar-refractivity contribution in [3.05, 3.63) is 24.0 Å². The monoisotopic (exact) mass is 303 g/mol. The van der Waals surface area contributed by atoms with E-state index in [1.807, 2.05) is 0 Å². The highest BCUT2D eigenvalue weighted by Crippen LogP contribution is 2.18. The second kappa shape index (κ2) is 6.74. The number of hydrogen-bond acceptors (Lipinski definition) is 5. The molecule has 0 saturated heterocycles. The van der Waals surface area contributed by atoms with E-state index < -0.39 is 0 Å². The third-order valence-electron chi connectivity index (χ3n) is 3.97. The third-order valence-corrected chi connectivity index (χ3v) is 3.97. The molecule has 7 heteroatoms. The molecule has 118 valence electrons. The fourth-order valence-electron chi connectivity index (χ4n) is 2.82. The van der Waals surface area contributed by atoms with E-state index in [1.54, 1.807) is 23.0 Å². The number of nitrogens with zero attached hydrogens (tertiary/aromatic N) is 3. The van der Waals surface area contributed by atoms with Crippen LogP contribution in [0.5, 0.6) is 0 Å². The number of amides is 1. The molecule has 2 heterocycles. The number of nitrogens with one attached hydrogen (secondary N) is 2. The lowest BCUT2D eigenvalue weighted by molar-refractivity contribution is 0.0929. The van der Waals surface area contributed by atoms with Gasteiger partial charge in [0.1, 0.15) is 11.4 Å². The van der Waals surface area contributed by atoms with Crippen LogP contribution in [0.3, 0.4) is 0 Å². The lowest BCUT2D eigenvalue weighted by Crippen LogP contribution is -2.36. The van der Waals surface area contributed by atoms with Crippen LogP contribution in [0.25, 0.3) is 5.65 Å². The molecule has 0 aromatic carbocycles. The molecule has 1 fully saturated rings. The second-order valence-electron chi connectivity index (χ2n) is 5.60. The summed E-state index contributed by atoms with van der Waals surface area (Å²) in [7, 11) is 0. The smallest absolute Gasteiger partial charge is 0.256 e. The Bertz CT molecular complexity index is 648. The van der Waals surface area contributed by atoms with E-state index >= 15 is 0 Å². The molecule has 1 saturated carbocycles. The third kappa shape index (κ3) is 3.19. The molecular weight excluding hydrogens is 282 g/mol. The molecule has 1 aliphatic rings. The maximum Gasteiger partial charge on any atom is 0.256 e. The van der Waals surface area contributed by atoms with Crippen molar-refractivity contribution in [2.45, 2.75) is 38.1 Å². The van der Waals surface area contributed by atoms with Gasteiger partial charge < -0.3 is 15.7 Å². The van der Waals surface area contributed by atoms with Gasteiger partial charge >= 0.3 is 0 Å². The van der Waals surface area contributed by atoms with Crippen molar-refractivity contribution in [1.29, 1.82) is 0 Å². The molecule has 0 unspecified atom stereocenters. The molecule has 2 aromatic heterocycles. The van der Waals surface area contributed by atoms with E-state index in [9.17, 15) is 4.79 Å². The average Bonchev–Trinajstić information content (AvgIpc) is 2.97. The van der Waals surface area contributed by atoms with E-state index in [0.29, 0.717) is 23.6 Å².